The summed E-state index contributed by atoms with van der Waals surface area (Å²) in [6.07, 6.45) is 0.723. The number of fused-ring (bicyclic) bond motifs is 3. The maximum Gasteiger partial charge on any atom is 0.388 e. The average Bonchev–Trinajstić information content (AvgIpc) is 3.22. The summed E-state index contributed by atoms with van der Waals surface area (Å²) >= 11 is 1.00. The van der Waals surface area contributed by atoms with Crippen molar-refractivity contribution < 1.29 is 23.0 Å². The molecule has 7 heteroatoms. The summed E-state index contributed by atoms with van der Waals surface area (Å²) < 4.78 is 34.9. The van der Waals surface area contributed by atoms with Crippen LogP contribution in [-0.4, -0.2) is 24.2 Å². The Hall–Kier alpha value is -2.80. The number of hydrogen-bond acceptors (Lipinski definition) is 5. The predicted octanol–water partition coefficient (Wildman–Crippen LogP) is 5.16. The van der Waals surface area contributed by atoms with E-state index < -0.39 is 18.5 Å². The van der Waals surface area contributed by atoms with E-state index in [4.69, 9.17) is 4.74 Å². The van der Waals surface area contributed by atoms with Gasteiger partial charge in [0, 0.05) is 5.56 Å². The molecular weight excluding hydrogens is 372 g/mol. The third-order valence-electron chi connectivity index (χ3n) is 4.34. The van der Waals surface area contributed by atoms with Gasteiger partial charge in [-0.2, -0.15) is 8.78 Å². The lowest BCUT2D eigenvalue weighted by Gasteiger charge is -2.05. The van der Waals surface area contributed by atoms with E-state index in [-0.39, 0.29) is 11.5 Å². The molecule has 0 aliphatic heterocycles. The van der Waals surface area contributed by atoms with E-state index in [9.17, 15) is 13.6 Å². The van der Waals surface area contributed by atoms with Crippen LogP contribution < -0.4 is 4.74 Å². The molecule has 0 saturated heterocycles. The van der Waals surface area contributed by atoms with Crippen LogP contribution in [0.5, 0.6) is 5.88 Å². The van der Waals surface area contributed by atoms with Crippen molar-refractivity contribution in [3.05, 3.63) is 58.5 Å². The molecule has 0 atom stereocenters. The molecule has 0 amide bonds. The second-order valence-electron chi connectivity index (χ2n) is 5.92. The number of hydrogen-bond donors (Lipinski definition) is 0. The molecule has 138 valence electrons. The molecule has 2 aromatic carbocycles. The third kappa shape index (κ3) is 3.19. The number of benzene rings is 2. The van der Waals surface area contributed by atoms with Gasteiger partial charge in [-0.3, -0.25) is 0 Å². The molecule has 0 N–H and O–H groups in total. The number of carbonyl (C=O) groups excluding carboxylic acids is 1. The number of thiazole rings is 1. The van der Waals surface area contributed by atoms with Crippen LogP contribution in [0.25, 0.3) is 21.7 Å². The first-order chi connectivity index (χ1) is 13.1. The number of halogens is 2. The van der Waals surface area contributed by atoms with Gasteiger partial charge in [-0.1, -0.05) is 42.5 Å². The van der Waals surface area contributed by atoms with Crippen LogP contribution in [0.4, 0.5) is 8.78 Å². The van der Waals surface area contributed by atoms with Gasteiger partial charge in [0.05, 0.1) is 6.61 Å². The van der Waals surface area contributed by atoms with Gasteiger partial charge in [0.2, 0.25) is 5.88 Å². The number of ether oxygens (including phenoxy) is 2. The van der Waals surface area contributed by atoms with Gasteiger partial charge in [0.25, 0.3) is 0 Å². The van der Waals surface area contributed by atoms with Crippen molar-refractivity contribution in [1.82, 2.24) is 4.98 Å². The van der Waals surface area contributed by atoms with Gasteiger partial charge in [0.15, 0.2) is 4.88 Å². The second kappa shape index (κ2) is 7.08. The Morgan fingerprint density at radius 3 is 2.67 bits per heavy atom. The molecule has 0 saturated carbocycles. The summed E-state index contributed by atoms with van der Waals surface area (Å²) in [5.41, 5.74) is 5.31. The Balaban J connectivity index is 1.80. The molecule has 1 aliphatic rings. The van der Waals surface area contributed by atoms with Gasteiger partial charge in [-0.05, 0) is 35.6 Å². The van der Waals surface area contributed by atoms with E-state index in [1.807, 2.05) is 30.3 Å². The van der Waals surface area contributed by atoms with E-state index >= 15 is 0 Å². The minimum Gasteiger partial charge on any atom is -0.462 e. The number of esters is 1. The van der Waals surface area contributed by atoms with E-state index in [0.29, 0.717) is 5.01 Å². The summed E-state index contributed by atoms with van der Waals surface area (Å²) in [5, 5.41) is 0.457. The zero-order valence-electron chi connectivity index (χ0n) is 14.4. The van der Waals surface area contributed by atoms with Crippen LogP contribution in [0.15, 0.2) is 42.5 Å². The Kier molecular flexibility index (Phi) is 4.61. The van der Waals surface area contributed by atoms with E-state index in [2.05, 4.69) is 21.9 Å². The Morgan fingerprint density at radius 1 is 1.15 bits per heavy atom. The van der Waals surface area contributed by atoms with Gasteiger partial charge >= 0.3 is 12.6 Å². The quantitative estimate of drug-likeness (QED) is 0.444. The number of alkyl halides is 2. The molecule has 3 aromatic rings. The predicted molar refractivity (Wildman–Crippen MR) is 98.4 cm³/mol. The van der Waals surface area contributed by atoms with Crippen molar-refractivity contribution in [3.8, 4) is 27.6 Å². The molecule has 4 nitrogen and oxygen atoms in total. The smallest absolute Gasteiger partial charge is 0.388 e. The maximum atomic E-state index is 12.8. The zero-order chi connectivity index (χ0) is 19.0. The lowest BCUT2D eigenvalue weighted by atomic mass is 10.0. The number of carbonyl (C=O) groups is 1. The van der Waals surface area contributed by atoms with Crippen molar-refractivity contribution in [2.75, 3.05) is 6.61 Å². The Labute approximate surface area is 158 Å². The van der Waals surface area contributed by atoms with Crippen LogP contribution in [0.2, 0.25) is 0 Å². The molecular formula is C20H15F2NO3S. The summed E-state index contributed by atoms with van der Waals surface area (Å²) in [4.78, 5) is 16.3. The monoisotopic (exact) mass is 387 g/mol. The van der Waals surface area contributed by atoms with Crippen LogP contribution in [0, 0.1) is 0 Å². The fraction of sp³-hybridized carbons (Fsp3) is 0.200. The number of aromatic nitrogens is 1. The fourth-order valence-electron chi connectivity index (χ4n) is 3.27. The number of rotatable bonds is 5. The zero-order valence-corrected chi connectivity index (χ0v) is 15.2. The minimum atomic E-state index is -3.07. The van der Waals surface area contributed by atoms with Crippen molar-refractivity contribution in [3.63, 3.8) is 0 Å². The highest BCUT2D eigenvalue weighted by atomic mass is 32.1. The first-order valence-corrected chi connectivity index (χ1v) is 9.23. The molecule has 0 spiro atoms. The Bertz CT molecular complexity index is 1020. The van der Waals surface area contributed by atoms with E-state index in [0.717, 1.165) is 40.0 Å². The van der Waals surface area contributed by atoms with Crippen LogP contribution >= 0.6 is 11.3 Å². The van der Waals surface area contributed by atoms with Gasteiger partial charge in [-0.15, -0.1) is 11.3 Å². The second-order valence-corrected chi connectivity index (χ2v) is 6.92. The van der Waals surface area contributed by atoms with Crippen LogP contribution in [0.1, 0.15) is 27.7 Å². The Morgan fingerprint density at radius 2 is 1.89 bits per heavy atom. The highest BCUT2D eigenvalue weighted by molar-refractivity contribution is 7.17. The molecule has 0 radical (unpaired) electrons. The average molecular weight is 387 g/mol. The first kappa shape index (κ1) is 17.6. The molecule has 4 rings (SSSR count). The van der Waals surface area contributed by atoms with Crippen molar-refractivity contribution in [2.45, 2.75) is 20.0 Å². The third-order valence-corrected chi connectivity index (χ3v) is 5.39. The van der Waals surface area contributed by atoms with Crippen LogP contribution in [0.3, 0.4) is 0 Å². The van der Waals surface area contributed by atoms with Crippen molar-refractivity contribution >= 4 is 17.3 Å². The van der Waals surface area contributed by atoms with E-state index in [1.54, 1.807) is 6.92 Å². The highest BCUT2D eigenvalue weighted by Gasteiger charge is 2.27. The van der Waals surface area contributed by atoms with Crippen molar-refractivity contribution in [2.24, 2.45) is 0 Å². The summed E-state index contributed by atoms with van der Waals surface area (Å²) in [5.74, 6) is -1.11. The molecule has 1 aliphatic carbocycles. The number of nitrogens with zero attached hydrogens (tertiary/aromatic N) is 1. The lowest BCUT2D eigenvalue weighted by Crippen LogP contribution is -2.08. The highest BCUT2D eigenvalue weighted by Crippen LogP contribution is 2.43. The molecule has 0 bridgehead atoms. The molecule has 27 heavy (non-hydrogen) atoms. The topological polar surface area (TPSA) is 48.4 Å². The summed E-state index contributed by atoms with van der Waals surface area (Å²) in [6.45, 7) is -1.29. The van der Waals surface area contributed by atoms with Crippen LogP contribution in [-0.2, 0) is 11.2 Å². The van der Waals surface area contributed by atoms with E-state index in [1.165, 1.54) is 5.56 Å². The normalized spacial score (nSPS) is 12.0. The largest absolute Gasteiger partial charge is 0.462 e. The fourth-order valence-corrected chi connectivity index (χ4v) is 4.22. The summed E-state index contributed by atoms with van der Waals surface area (Å²) in [6, 6.07) is 13.9. The lowest BCUT2D eigenvalue weighted by molar-refractivity contribution is -0.0529. The van der Waals surface area contributed by atoms with Gasteiger partial charge < -0.3 is 9.47 Å². The molecule has 0 fully saturated rings. The molecule has 1 heterocycles. The van der Waals surface area contributed by atoms with Gasteiger partial charge in [-0.25, -0.2) is 9.78 Å². The minimum absolute atomic E-state index is 0.0553. The maximum absolute atomic E-state index is 12.8. The summed E-state index contributed by atoms with van der Waals surface area (Å²) in [7, 11) is 0. The SMILES string of the molecule is CCOC(=O)c1sc(-c2cccc3c2Cc2ccccc2-3)nc1OC(F)F. The first-order valence-electron chi connectivity index (χ1n) is 8.41. The van der Waals surface area contributed by atoms with Crippen molar-refractivity contribution in [1.29, 1.82) is 0 Å². The van der Waals surface area contributed by atoms with Gasteiger partial charge in [0.1, 0.15) is 5.01 Å². The standard InChI is InChI=1S/C20H15F2NO3S/c1-2-25-19(24)16-17(26-20(21)22)23-18(27-16)14-9-5-8-13-12-7-4-3-6-11(12)10-15(13)14/h3-9,20H,2,10H2,1H3. The molecule has 1 aromatic heterocycles. The molecule has 0 unspecified atom stereocenters.